The molecule has 8 heteroatoms. The van der Waals surface area contributed by atoms with E-state index in [1.54, 1.807) is 23.5 Å². The molecular weight excluding hydrogens is 366 g/mol. The average molecular weight is 380 g/mol. The molecule has 1 heterocycles. The van der Waals surface area contributed by atoms with E-state index in [0.717, 1.165) is 15.2 Å². The molecule has 3 rings (SSSR count). The topological polar surface area (TPSA) is 51.2 Å². The number of ether oxygens (including phenoxy) is 1. The van der Waals surface area contributed by atoms with Gasteiger partial charge in [-0.05, 0) is 24.3 Å². The first-order valence-electron chi connectivity index (χ1n) is 7.38. The molecule has 2 aromatic carbocycles. The van der Waals surface area contributed by atoms with Crippen LogP contribution in [-0.4, -0.2) is 23.3 Å². The van der Waals surface area contributed by atoms with E-state index in [-0.39, 0.29) is 23.1 Å². The van der Waals surface area contributed by atoms with Crippen molar-refractivity contribution in [1.82, 2.24) is 4.98 Å². The molecule has 0 fully saturated rings. The Kier molecular flexibility index (Phi) is 5.83. The Labute approximate surface area is 151 Å². The van der Waals surface area contributed by atoms with Crippen LogP contribution >= 0.6 is 23.1 Å². The molecule has 4 nitrogen and oxygen atoms in total. The van der Waals surface area contributed by atoms with Crippen molar-refractivity contribution in [3.63, 3.8) is 0 Å². The summed E-state index contributed by atoms with van der Waals surface area (Å²) in [6.45, 7) is -2.94. The van der Waals surface area contributed by atoms with Gasteiger partial charge in [-0.1, -0.05) is 24.3 Å². The third-order valence-corrected chi connectivity index (χ3v) is 5.34. The Morgan fingerprint density at radius 1 is 1.20 bits per heavy atom. The highest BCUT2D eigenvalue weighted by atomic mass is 32.2. The van der Waals surface area contributed by atoms with E-state index >= 15 is 0 Å². The molecule has 0 radical (unpaired) electrons. The summed E-state index contributed by atoms with van der Waals surface area (Å²) in [6.07, 6.45) is 0. The van der Waals surface area contributed by atoms with Crippen LogP contribution in [-0.2, 0) is 10.5 Å². The summed E-state index contributed by atoms with van der Waals surface area (Å²) in [4.78, 5) is 16.5. The molecule has 25 heavy (non-hydrogen) atoms. The van der Waals surface area contributed by atoms with Gasteiger partial charge in [-0.2, -0.15) is 8.78 Å². The first-order valence-corrected chi connectivity index (χ1v) is 9.35. The van der Waals surface area contributed by atoms with Crippen LogP contribution in [0.15, 0.2) is 48.5 Å². The van der Waals surface area contributed by atoms with Gasteiger partial charge >= 0.3 is 6.61 Å². The second-order valence-corrected chi connectivity index (χ2v) is 7.09. The molecule has 1 aromatic heterocycles. The van der Waals surface area contributed by atoms with Crippen LogP contribution in [0.3, 0.4) is 0 Å². The highest BCUT2D eigenvalue weighted by Crippen LogP contribution is 2.27. The molecule has 0 aliphatic heterocycles. The second kappa shape index (κ2) is 8.26. The van der Waals surface area contributed by atoms with Gasteiger partial charge in [-0.3, -0.25) is 4.79 Å². The Morgan fingerprint density at radius 2 is 1.96 bits per heavy atom. The van der Waals surface area contributed by atoms with Gasteiger partial charge in [0.25, 0.3) is 0 Å². The number of fused-ring (bicyclic) bond motifs is 1. The summed E-state index contributed by atoms with van der Waals surface area (Å²) in [6, 6.07) is 14.0. The minimum atomic E-state index is -2.94. The number of para-hydroxylation sites is 3. The standard InChI is InChI=1S/C17H14F2N2O2S2/c18-17(19)23-13-7-3-1-5-11(13)20-15(22)9-24-10-16-21-12-6-2-4-8-14(12)25-16/h1-8,17H,9-10H2,(H,20,22). The highest BCUT2D eigenvalue weighted by molar-refractivity contribution is 7.99. The third kappa shape index (κ3) is 4.90. The number of carbonyl (C=O) groups excluding carboxylic acids is 1. The SMILES string of the molecule is O=C(CSCc1nc2ccccc2s1)Nc1ccccc1OC(F)F. The minimum Gasteiger partial charge on any atom is -0.433 e. The molecule has 130 valence electrons. The first kappa shape index (κ1) is 17.6. The number of hydrogen-bond donors (Lipinski definition) is 1. The monoisotopic (exact) mass is 380 g/mol. The van der Waals surface area contributed by atoms with Crippen LogP contribution in [0.5, 0.6) is 5.75 Å². The fraction of sp³-hybridized carbons (Fsp3) is 0.176. The van der Waals surface area contributed by atoms with Crippen LogP contribution < -0.4 is 10.1 Å². The number of thioether (sulfide) groups is 1. The first-order chi connectivity index (χ1) is 12.1. The van der Waals surface area contributed by atoms with Gasteiger partial charge in [-0.25, -0.2) is 4.98 Å². The number of nitrogens with one attached hydrogen (secondary N) is 1. The maximum atomic E-state index is 12.4. The third-order valence-electron chi connectivity index (χ3n) is 3.17. The van der Waals surface area contributed by atoms with Crippen molar-refractivity contribution in [1.29, 1.82) is 0 Å². The number of carbonyl (C=O) groups is 1. The van der Waals surface area contributed by atoms with Crippen molar-refractivity contribution >= 4 is 44.9 Å². The van der Waals surface area contributed by atoms with E-state index < -0.39 is 6.61 Å². The van der Waals surface area contributed by atoms with E-state index in [2.05, 4.69) is 15.0 Å². The molecule has 0 atom stereocenters. The summed E-state index contributed by atoms with van der Waals surface area (Å²) in [5.41, 5.74) is 1.18. The van der Waals surface area contributed by atoms with Gasteiger partial charge in [0.15, 0.2) is 0 Å². The number of hydrogen-bond acceptors (Lipinski definition) is 5. The van der Waals surface area contributed by atoms with Crippen LogP contribution in [0.4, 0.5) is 14.5 Å². The number of thiazole rings is 1. The summed E-state index contributed by atoms with van der Waals surface area (Å²) in [7, 11) is 0. The smallest absolute Gasteiger partial charge is 0.387 e. The number of alkyl halides is 2. The number of aromatic nitrogens is 1. The summed E-state index contributed by atoms with van der Waals surface area (Å²) in [5, 5.41) is 3.54. The predicted octanol–water partition coefficient (Wildman–Crippen LogP) is 4.77. The number of rotatable bonds is 7. The lowest BCUT2D eigenvalue weighted by atomic mass is 10.3. The van der Waals surface area contributed by atoms with Gasteiger partial charge in [0, 0.05) is 5.75 Å². The lowest BCUT2D eigenvalue weighted by Crippen LogP contribution is -2.15. The van der Waals surface area contributed by atoms with Crippen molar-refractivity contribution in [3.05, 3.63) is 53.5 Å². The second-order valence-electron chi connectivity index (χ2n) is 4.99. The minimum absolute atomic E-state index is 0.0537. The molecule has 1 amide bonds. The van der Waals surface area contributed by atoms with Crippen molar-refractivity contribution in [2.45, 2.75) is 12.4 Å². The quantitative estimate of drug-likeness (QED) is 0.641. The Morgan fingerprint density at radius 3 is 2.76 bits per heavy atom. The van der Waals surface area contributed by atoms with Crippen LogP contribution in [0.1, 0.15) is 5.01 Å². The summed E-state index contributed by atoms with van der Waals surface area (Å²) in [5.74, 6) is 0.472. The number of halogens is 2. The van der Waals surface area contributed by atoms with E-state index in [4.69, 9.17) is 0 Å². The lowest BCUT2D eigenvalue weighted by molar-refractivity contribution is -0.113. The highest BCUT2D eigenvalue weighted by Gasteiger charge is 2.12. The van der Waals surface area contributed by atoms with Crippen molar-refractivity contribution < 1.29 is 18.3 Å². The zero-order chi connectivity index (χ0) is 17.6. The number of amides is 1. The van der Waals surface area contributed by atoms with Crippen molar-refractivity contribution in [2.24, 2.45) is 0 Å². The van der Waals surface area contributed by atoms with E-state index in [1.807, 2.05) is 24.3 Å². The number of anilines is 1. The average Bonchev–Trinajstić information content (AvgIpc) is 2.99. The lowest BCUT2D eigenvalue weighted by Gasteiger charge is -2.11. The van der Waals surface area contributed by atoms with Crippen LogP contribution in [0.2, 0.25) is 0 Å². The van der Waals surface area contributed by atoms with E-state index in [0.29, 0.717) is 5.75 Å². The molecule has 0 spiro atoms. The predicted molar refractivity (Wildman–Crippen MR) is 97.5 cm³/mol. The summed E-state index contributed by atoms with van der Waals surface area (Å²) < 4.78 is 30.2. The number of nitrogens with zero attached hydrogens (tertiary/aromatic N) is 1. The molecule has 0 aliphatic rings. The van der Waals surface area contributed by atoms with E-state index in [9.17, 15) is 13.6 Å². The molecular formula is C17H14F2N2O2S2. The Hall–Kier alpha value is -2.19. The molecule has 3 aromatic rings. The molecule has 0 bridgehead atoms. The molecule has 0 unspecified atom stereocenters. The molecule has 1 N–H and O–H groups in total. The molecule has 0 aliphatic carbocycles. The Bertz CT molecular complexity index is 837. The van der Waals surface area contributed by atoms with Crippen LogP contribution in [0, 0.1) is 0 Å². The van der Waals surface area contributed by atoms with Gasteiger partial charge in [0.05, 0.1) is 21.7 Å². The largest absolute Gasteiger partial charge is 0.433 e. The summed E-state index contributed by atoms with van der Waals surface area (Å²) >= 11 is 3.01. The maximum absolute atomic E-state index is 12.4. The van der Waals surface area contributed by atoms with Gasteiger partial charge in [0.2, 0.25) is 5.91 Å². The fourth-order valence-electron chi connectivity index (χ4n) is 2.17. The number of benzene rings is 2. The zero-order valence-electron chi connectivity index (χ0n) is 12.9. The van der Waals surface area contributed by atoms with Gasteiger partial charge < -0.3 is 10.1 Å². The van der Waals surface area contributed by atoms with Crippen molar-refractivity contribution in [2.75, 3.05) is 11.1 Å². The van der Waals surface area contributed by atoms with Gasteiger partial charge in [-0.15, -0.1) is 23.1 Å². The zero-order valence-corrected chi connectivity index (χ0v) is 14.6. The van der Waals surface area contributed by atoms with E-state index in [1.165, 1.54) is 23.9 Å². The van der Waals surface area contributed by atoms with Gasteiger partial charge in [0.1, 0.15) is 10.8 Å². The maximum Gasteiger partial charge on any atom is 0.387 e. The van der Waals surface area contributed by atoms with Crippen LogP contribution in [0.25, 0.3) is 10.2 Å². The van der Waals surface area contributed by atoms with Crippen molar-refractivity contribution in [3.8, 4) is 5.75 Å². The Balaban J connectivity index is 1.53. The molecule has 0 saturated carbocycles. The molecule has 0 saturated heterocycles. The fourth-order valence-corrected chi connectivity index (χ4v) is 4.01. The normalized spacial score (nSPS) is 11.0.